The van der Waals surface area contributed by atoms with Crippen molar-refractivity contribution >= 4 is 17.6 Å². The fraction of sp³-hybridized carbons (Fsp3) is 0.429. The second kappa shape index (κ2) is 7.41. The van der Waals surface area contributed by atoms with Crippen molar-refractivity contribution in [1.82, 2.24) is 5.32 Å². The number of carbonyl (C=O) groups excluding carboxylic acids is 1. The van der Waals surface area contributed by atoms with Gasteiger partial charge in [-0.05, 0) is 23.6 Å². The van der Waals surface area contributed by atoms with E-state index in [1.165, 1.54) is 0 Å². The molecule has 1 atom stereocenters. The highest BCUT2D eigenvalue weighted by molar-refractivity contribution is 5.78. The highest BCUT2D eigenvalue weighted by Crippen LogP contribution is 2.08. The Morgan fingerprint density at radius 1 is 1.32 bits per heavy atom. The molecule has 0 spiro atoms. The van der Waals surface area contributed by atoms with Crippen LogP contribution >= 0.6 is 0 Å². The number of benzene rings is 1. The van der Waals surface area contributed by atoms with Gasteiger partial charge in [-0.15, -0.1) is 0 Å². The van der Waals surface area contributed by atoms with E-state index in [-0.39, 0.29) is 24.7 Å². The lowest BCUT2D eigenvalue weighted by Gasteiger charge is -2.13. The third-order valence-electron chi connectivity index (χ3n) is 2.97. The fourth-order valence-electron chi connectivity index (χ4n) is 1.75. The summed E-state index contributed by atoms with van der Waals surface area (Å²) in [7, 11) is 0. The summed E-state index contributed by atoms with van der Waals surface area (Å²) in [6.07, 6.45) is 1.09. The smallest absolute Gasteiger partial charge is 0.303 e. The van der Waals surface area contributed by atoms with E-state index in [4.69, 9.17) is 10.8 Å². The summed E-state index contributed by atoms with van der Waals surface area (Å²) < 4.78 is 0. The Hall–Kier alpha value is -2.04. The van der Waals surface area contributed by atoms with Gasteiger partial charge < -0.3 is 16.2 Å². The van der Waals surface area contributed by atoms with Crippen molar-refractivity contribution in [2.75, 3.05) is 12.3 Å². The number of anilines is 1. The van der Waals surface area contributed by atoms with Gasteiger partial charge in [0.25, 0.3) is 0 Å². The van der Waals surface area contributed by atoms with Gasteiger partial charge in [0.1, 0.15) is 0 Å². The van der Waals surface area contributed by atoms with Gasteiger partial charge >= 0.3 is 5.97 Å². The normalized spacial score (nSPS) is 11.8. The van der Waals surface area contributed by atoms with Crippen LogP contribution in [0.25, 0.3) is 0 Å². The van der Waals surface area contributed by atoms with E-state index in [2.05, 4.69) is 5.32 Å². The van der Waals surface area contributed by atoms with Gasteiger partial charge in [0.15, 0.2) is 0 Å². The van der Waals surface area contributed by atoms with Crippen LogP contribution in [-0.2, 0) is 16.0 Å². The molecule has 1 aromatic rings. The molecular formula is C14H20N2O3. The molecule has 1 amide bonds. The lowest BCUT2D eigenvalue weighted by Crippen LogP contribution is -2.31. The summed E-state index contributed by atoms with van der Waals surface area (Å²) in [5.74, 6) is -0.957. The molecule has 104 valence electrons. The maximum absolute atomic E-state index is 11.7. The Morgan fingerprint density at radius 3 is 2.47 bits per heavy atom. The SMILES string of the molecule is CCC(CNC(=O)Cc1ccc(N)cc1)CC(=O)O. The standard InChI is InChI=1S/C14H20N2O3/c1-2-10(8-14(18)19)9-16-13(17)7-11-3-5-12(15)6-4-11/h3-6,10H,2,7-9,15H2,1H3,(H,16,17)(H,18,19). The zero-order valence-electron chi connectivity index (χ0n) is 11.1. The van der Waals surface area contributed by atoms with Crippen LogP contribution in [0.4, 0.5) is 5.69 Å². The molecule has 1 aromatic carbocycles. The second-order valence-corrected chi connectivity index (χ2v) is 4.59. The van der Waals surface area contributed by atoms with Crippen molar-refractivity contribution in [2.45, 2.75) is 26.2 Å². The Labute approximate surface area is 112 Å². The van der Waals surface area contributed by atoms with Gasteiger partial charge in [0.2, 0.25) is 5.91 Å². The van der Waals surface area contributed by atoms with Crippen LogP contribution in [-0.4, -0.2) is 23.5 Å². The number of rotatable bonds is 7. The first-order valence-corrected chi connectivity index (χ1v) is 6.34. The van der Waals surface area contributed by atoms with Gasteiger partial charge in [0.05, 0.1) is 6.42 Å². The van der Waals surface area contributed by atoms with Crippen molar-refractivity contribution in [3.05, 3.63) is 29.8 Å². The van der Waals surface area contributed by atoms with Crippen LogP contribution in [0.3, 0.4) is 0 Å². The zero-order valence-corrected chi connectivity index (χ0v) is 11.1. The molecule has 19 heavy (non-hydrogen) atoms. The molecule has 0 saturated carbocycles. The molecule has 0 aliphatic rings. The van der Waals surface area contributed by atoms with Gasteiger partial charge in [-0.1, -0.05) is 25.5 Å². The van der Waals surface area contributed by atoms with E-state index in [0.717, 1.165) is 12.0 Å². The molecule has 0 aromatic heterocycles. The molecule has 0 aliphatic carbocycles. The Bertz CT molecular complexity index is 429. The predicted octanol–water partition coefficient (Wildman–Crippen LogP) is 1.43. The molecule has 0 saturated heterocycles. The van der Waals surface area contributed by atoms with Crippen molar-refractivity contribution in [3.63, 3.8) is 0 Å². The van der Waals surface area contributed by atoms with Crippen LogP contribution in [0.1, 0.15) is 25.3 Å². The first kappa shape index (κ1) is 15.0. The molecule has 1 rings (SSSR count). The van der Waals surface area contributed by atoms with Crippen molar-refractivity contribution in [2.24, 2.45) is 5.92 Å². The number of carboxylic acid groups (broad SMARTS) is 1. The lowest BCUT2D eigenvalue weighted by atomic mass is 10.0. The minimum Gasteiger partial charge on any atom is -0.481 e. The molecule has 0 bridgehead atoms. The molecule has 0 fully saturated rings. The minimum atomic E-state index is -0.834. The third-order valence-corrected chi connectivity index (χ3v) is 2.97. The van der Waals surface area contributed by atoms with E-state index in [0.29, 0.717) is 12.2 Å². The van der Waals surface area contributed by atoms with Gasteiger partial charge in [0, 0.05) is 18.7 Å². The number of carboxylic acids is 1. The van der Waals surface area contributed by atoms with Gasteiger partial charge in [-0.3, -0.25) is 9.59 Å². The quantitative estimate of drug-likeness (QED) is 0.649. The monoisotopic (exact) mass is 264 g/mol. The number of amides is 1. The zero-order chi connectivity index (χ0) is 14.3. The maximum atomic E-state index is 11.7. The fourth-order valence-corrected chi connectivity index (χ4v) is 1.75. The number of nitrogens with two attached hydrogens (primary N) is 1. The molecule has 1 unspecified atom stereocenters. The summed E-state index contributed by atoms with van der Waals surface area (Å²) in [4.78, 5) is 22.3. The van der Waals surface area contributed by atoms with Gasteiger partial charge in [-0.2, -0.15) is 0 Å². The largest absolute Gasteiger partial charge is 0.481 e. The molecule has 0 heterocycles. The Morgan fingerprint density at radius 2 is 1.95 bits per heavy atom. The number of aliphatic carboxylic acids is 1. The highest BCUT2D eigenvalue weighted by Gasteiger charge is 2.12. The maximum Gasteiger partial charge on any atom is 0.303 e. The van der Waals surface area contributed by atoms with Crippen LogP contribution in [0, 0.1) is 5.92 Å². The van der Waals surface area contributed by atoms with Crippen LogP contribution in [0.15, 0.2) is 24.3 Å². The average molecular weight is 264 g/mol. The number of nitrogens with one attached hydrogen (secondary N) is 1. The van der Waals surface area contributed by atoms with Crippen molar-refractivity contribution in [1.29, 1.82) is 0 Å². The van der Waals surface area contributed by atoms with E-state index >= 15 is 0 Å². The van der Waals surface area contributed by atoms with Crippen LogP contribution in [0.2, 0.25) is 0 Å². The molecule has 0 radical (unpaired) electrons. The van der Waals surface area contributed by atoms with E-state index in [9.17, 15) is 9.59 Å². The van der Waals surface area contributed by atoms with E-state index in [1.807, 2.05) is 19.1 Å². The number of hydrogen-bond acceptors (Lipinski definition) is 3. The second-order valence-electron chi connectivity index (χ2n) is 4.59. The number of carbonyl (C=O) groups is 2. The molecule has 5 heteroatoms. The highest BCUT2D eigenvalue weighted by atomic mass is 16.4. The van der Waals surface area contributed by atoms with Crippen LogP contribution in [0.5, 0.6) is 0 Å². The third kappa shape index (κ3) is 5.90. The summed E-state index contributed by atoms with van der Waals surface area (Å²) in [5.41, 5.74) is 7.11. The average Bonchev–Trinajstić information content (AvgIpc) is 2.37. The first-order chi connectivity index (χ1) is 9.01. The summed E-state index contributed by atoms with van der Waals surface area (Å²) in [5, 5.41) is 11.5. The van der Waals surface area contributed by atoms with Gasteiger partial charge in [-0.25, -0.2) is 0 Å². The summed E-state index contributed by atoms with van der Waals surface area (Å²) >= 11 is 0. The molecular weight excluding hydrogens is 244 g/mol. The van der Waals surface area contributed by atoms with E-state index in [1.54, 1.807) is 12.1 Å². The Balaban J connectivity index is 2.38. The van der Waals surface area contributed by atoms with Crippen LogP contribution < -0.4 is 11.1 Å². The Kier molecular flexibility index (Phi) is 5.85. The number of nitrogen functional groups attached to an aromatic ring is 1. The van der Waals surface area contributed by atoms with E-state index < -0.39 is 5.97 Å². The first-order valence-electron chi connectivity index (χ1n) is 6.34. The lowest BCUT2D eigenvalue weighted by molar-refractivity contribution is -0.138. The molecule has 5 nitrogen and oxygen atoms in total. The summed E-state index contributed by atoms with van der Waals surface area (Å²) in [6, 6.07) is 7.12. The molecule has 0 aliphatic heterocycles. The number of hydrogen-bond donors (Lipinski definition) is 3. The van der Waals surface area contributed by atoms with Crippen molar-refractivity contribution in [3.8, 4) is 0 Å². The molecule has 4 N–H and O–H groups in total. The topological polar surface area (TPSA) is 92.4 Å². The van der Waals surface area contributed by atoms with Crippen molar-refractivity contribution < 1.29 is 14.7 Å². The summed E-state index contributed by atoms with van der Waals surface area (Å²) in [6.45, 7) is 2.32. The predicted molar refractivity (Wildman–Crippen MR) is 73.6 cm³/mol. The minimum absolute atomic E-state index is 0.0205.